The minimum absolute atomic E-state index is 0.624. The number of nitrogens with one attached hydrogen (secondary N) is 1. The average molecular weight is 346 g/mol. The molecule has 3 rings (SSSR count). The van der Waals surface area contributed by atoms with Gasteiger partial charge in [0.2, 0.25) is 5.95 Å². The number of nitrogens with two attached hydrogens (primary N) is 1. The third-order valence-electron chi connectivity index (χ3n) is 3.20. The predicted molar refractivity (Wildman–Crippen MR) is 87.2 cm³/mol. The Morgan fingerprint density at radius 3 is 2.62 bits per heavy atom. The van der Waals surface area contributed by atoms with E-state index >= 15 is 0 Å². The summed E-state index contributed by atoms with van der Waals surface area (Å²) < 4.78 is 2.72. The van der Waals surface area contributed by atoms with Gasteiger partial charge in [0.1, 0.15) is 0 Å². The van der Waals surface area contributed by atoms with E-state index in [-0.39, 0.29) is 0 Å². The Labute approximate surface area is 131 Å². The molecule has 0 unspecified atom stereocenters. The van der Waals surface area contributed by atoms with E-state index in [9.17, 15) is 0 Å². The lowest BCUT2D eigenvalue weighted by molar-refractivity contribution is 0.944. The van der Waals surface area contributed by atoms with Gasteiger partial charge in [-0.1, -0.05) is 24.3 Å². The summed E-state index contributed by atoms with van der Waals surface area (Å²) in [4.78, 5) is 4.42. The largest absolute Gasteiger partial charge is 0.349 e. The molecule has 5 nitrogen and oxygen atoms in total. The normalized spacial score (nSPS) is 11.0. The van der Waals surface area contributed by atoms with Crippen LogP contribution < -0.4 is 11.1 Å². The Morgan fingerprint density at radius 2 is 1.86 bits per heavy atom. The van der Waals surface area contributed by atoms with E-state index < -0.39 is 0 Å². The molecule has 0 saturated carbocycles. The molecule has 3 N–H and O–H groups in total. The van der Waals surface area contributed by atoms with Gasteiger partial charge in [-0.25, -0.2) is 4.52 Å². The molecule has 0 aliphatic rings. The molecule has 0 atom stereocenters. The predicted octanol–water partition coefficient (Wildman–Crippen LogP) is 2.61. The van der Waals surface area contributed by atoms with E-state index in [4.69, 9.17) is 5.73 Å². The fourth-order valence-corrected chi connectivity index (χ4v) is 2.43. The second kappa shape index (κ2) is 6.24. The highest BCUT2D eigenvalue weighted by Gasteiger charge is 2.03. The summed E-state index contributed by atoms with van der Waals surface area (Å²) in [7, 11) is 0. The van der Waals surface area contributed by atoms with Crippen molar-refractivity contribution in [1.29, 1.82) is 0 Å². The van der Waals surface area contributed by atoms with Crippen molar-refractivity contribution in [2.75, 3.05) is 11.9 Å². The highest BCUT2D eigenvalue weighted by molar-refractivity contribution is 9.10. The molecular weight excluding hydrogens is 330 g/mol. The number of benzene rings is 1. The molecule has 6 heteroatoms. The Hall–Kier alpha value is -1.92. The van der Waals surface area contributed by atoms with E-state index in [0.717, 1.165) is 16.5 Å². The zero-order valence-corrected chi connectivity index (χ0v) is 13.0. The fraction of sp³-hybridized carbons (Fsp3) is 0.200. The number of hydrogen-bond donors (Lipinski definition) is 2. The number of anilines is 1. The van der Waals surface area contributed by atoms with Gasteiger partial charge in [0.05, 0.1) is 0 Å². The van der Waals surface area contributed by atoms with Crippen molar-refractivity contribution in [3.05, 3.63) is 58.2 Å². The standard InChI is InChI=1S/C15H16BrN5/c16-13-5-6-14-19-15(20-21(14)10-13)18-9-12-3-1-11(2-4-12)7-8-17/h1-6,10H,7-9,17H2,(H,18,20). The molecule has 0 amide bonds. The van der Waals surface area contributed by atoms with Crippen LogP contribution in [0.25, 0.3) is 5.65 Å². The number of fused-ring (bicyclic) bond motifs is 1. The van der Waals surface area contributed by atoms with Crippen LogP contribution in [0.4, 0.5) is 5.95 Å². The molecule has 2 heterocycles. The minimum atomic E-state index is 0.624. The number of halogens is 1. The topological polar surface area (TPSA) is 68.2 Å². The Morgan fingerprint density at radius 1 is 1.10 bits per heavy atom. The van der Waals surface area contributed by atoms with Crippen LogP contribution in [0.2, 0.25) is 0 Å². The number of rotatable bonds is 5. The van der Waals surface area contributed by atoms with Gasteiger partial charge in [0.25, 0.3) is 0 Å². The molecule has 0 aliphatic heterocycles. The summed E-state index contributed by atoms with van der Waals surface area (Å²) in [5.41, 5.74) is 8.82. The van der Waals surface area contributed by atoms with Crippen molar-refractivity contribution >= 4 is 27.5 Å². The summed E-state index contributed by atoms with van der Waals surface area (Å²) in [6.45, 7) is 1.37. The third-order valence-corrected chi connectivity index (χ3v) is 3.67. The lowest BCUT2D eigenvalue weighted by Gasteiger charge is -2.04. The van der Waals surface area contributed by atoms with Gasteiger partial charge in [0.15, 0.2) is 5.65 Å². The third kappa shape index (κ3) is 3.40. The molecule has 0 spiro atoms. The molecule has 21 heavy (non-hydrogen) atoms. The molecule has 108 valence electrons. The SMILES string of the molecule is NCCc1ccc(CNc2nc3ccc(Br)cn3n2)cc1. The first-order chi connectivity index (χ1) is 10.2. The van der Waals surface area contributed by atoms with Gasteiger partial charge in [-0.05, 0) is 52.2 Å². The van der Waals surface area contributed by atoms with Gasteiger partial charge in [0, 0.05) is 17.2 Å². The Balaban J connectivity index is 1.68. The maximum atomic E-state index is 5.55. The van der Waals surface area contributed by atoms with Gasteiger partial charge in [-0.3, -0.25) is 0 Å². The van der Waals surface area contributed by atoms with Crippen molar-refractivity contribution < 1.29 is 0 Å². The van der Waals surface area contributed by atoms with Gasteiger partial charge in [-0.2, -0.15) is 4.98 Å². The molecule has 0 saturated heterocycles. The molecule has 3 aromatic rings. The van der Waals surface area contributed by atoms with Crippen LogP contribution in [0.15, 0.2) is 47.1 Å². The lowest BCUT2D eigenvalue weighted by atomic mass is 10.1. The summed E-state index contributed by atoms with van der Waals surface area (Å²) in [6, 6.07) is 12.3. The Kier molecular flexibility index (Phi) is 4.17. The molecule has 1 aromatic carbocycles. The van der Waals surface area contributed by atoms with Crippen molar-refractivity contribution in [2.24, 2.45) is 5.73 Å². The number of hydrogen-bond acceptors (Lipinski definition) is 4. The number of nitrogens with zero attached hydrogens (tertiary/aromatic N) is 3. The molecular formula is C15H16BrN5. The van der Waals surface area contributed by atoms with Crippen LogP contribution in [0.1, 0.15) is 11.1 Å². The zero-order valence-electron chi connectivity index (χ0n) is 11.5. The zero-order chi connectivity index (χ0) is 14.7. The monoisotopic (exact) mass is 345 g/mol. The summed E-state index contributed by atoms with van der Waals surface area (Å²) in [5.74, 6) is 0.624. The maximum Gasteiger partial charge on any atom is 0.243 e. The van der Waals surface area contributed by atoms with Gasteiger partial charge < -0.3 is 11.1 Å². The summed E-state index contributed by atoms with van der Waals surface area (Å²) in [5, 5.41) is 7.62. The Bertz CT molecular complexity index is 735. The van der Waals surface area contributed by atoms with Crippen LogP contribution in [-0.4, -0.2) is 21.1 Å². The van der Waals surface area contributed by atoms with Gasteiger partial charge >= 0.3 is 0 Å². The van der Waals surface area contributed by atoms with E-state index in [1.165, 1.54) is 11.1 Å². The first-order valence-corrected chi connectivity index (χ1v) is 7.57. The van der Waals surface area contributed by atoms with Crippen molar-refractivity contribution in [3.63, 3.8) is 0 Å². The van der Waals surface area contributed by atoms with Crippen LogP contribution >= 0.6 is 15.9 Å². The molecule has 0 radical (unpaired) electrons. The highest BCUT2D eigenvalue weighted by atomic mass is 79.9. The van der Waals surface area contributed by atoms with E-state index in [0.29, 0.717) is 19.0 Å². The minimum Gasteiger partial charge on any atom is -0.349 e. The van der Waals surface area contributed by atoms with Crippen LogP contribution in [0.3, 0.4) is 0 Å². The first-order valence-electron chi connectivity index (χ1n) is 6.78. The number of pyridine rings is 1. The lowest BCUT2D eigenvalue weighted by Crippen LogP contribution is -2.04. The van der Waals surface area contributed by atoms with Crippen LogP contribution in [0.5, 0.6) is 0 Å². The van der Waals surface area contributed by atoms with Crippen molar-refractivity contribution in [2.45, 2.75) is 13.0 Å². The van der Waals surface area contributed by atoms with Crippen LogP contribution in [0, 0.1) is 0 Å². The van der Waals surface area contributed by atoms with Crippen molar-refractivity contribution in [3.8, 4) is 0 Å². The molecule has 0 fully saturated rings. The quantitative estimate of drug-likeness (QED) is 0.745. The number of aromatic nitrogens is 3. The second-order valence-corrected chi connectivity index (χ2v) is 5.71. The molecule has 0 bridgehead atoms. The summed E-state index contributed by atoms with van der Waals surface area (Å²) in [6.07, 6.45) is 2.80. The first kappa shape index (κ1) is 14.0. The van der Waals surface area contributed by atoms with E-state index in [2.05, 4.69) is 55.6 Å². The van der Waals surface area contributed by atoms with Crippen molar-refractivity contribution in [1.82, 2.24) is 14.6 Å². The second-order valence-electron chi connectivity index (χ2n) is 4.79. The van der Waals surface area contributed by atoms with Crippen LogP contribution in [-0.2, 0) is 13.0 Å². The highest BCUT2D eigenvalue weighted by Crippen LogP contribution is 2.13. The fourth-order valence-electron chi connectivity index (χ4n) is 2.10. The average Bonchev–Trinajstić information content (AvgIpc) is 2.89. The smallest absolute Gasteiger partial charge is 0.243 e. The van der Waals surface area contributed by atoms with E-state index in [1.807, 2.05) is 18.3 Å². The molecule has 2 aromatic heterocycles. The molecule has 0 aliphatic carbocycles. The summed E-state index contributed by atoms with van der Waals surface area (Å²) >= 11 is 3.42. The van der Waals surface area contributed by atoms with Gasteiger partial charge in [-0.15, -0.1) is 5.10 Å². The maximum absolute atomic E-state index is 5.55. The van der Waals surface area contributed by atoms with E-state index in [1.54, 1.807) is 4.52 Å².